The van der Waals surface area contributed by atoms with E-state index in [0.717, 1.165) is 12.8 Å². The lowest BCUT2D eigenvalue weighted by Gasteiger charge is -2.29. The molecule has 3 rings (SSSR count). The van der Waals surface area contributed by atoms with E-state index in [-0.39, 0.29) is 12.5 Å². The molecule has 0 bridgehead atoms. The van der Waals surface area contributed by atoms with Gasteiger partial charge in [0.25, 0.3) is 5.91 Å². The van der Waals surface area contributed by atoms with Gasteiger partial charge in [-0.3, -0.25) is 4.79 Å². The van der Waals surface area contributed by atoms with Crippen molar-refractivity contribution in [2.75, 3.05) is 28.7 Å². The van der Waals surface area contributed by atoms with Crippen molar-refractivity contribution in [3.63, 3.8) is 0 Å². The largest absolute Gasteiger partial charge is 0.482 e. The molecule has 1 heterocycles. The van der Waals surface area contributed by atoms with Crippen molar-refractivity contribution in [2.24, 2.45) is 0 Å². The molecule has 1 aliphatic heterocycles. The number of rotatable bonds is 5. The van der Waals surface area contributed by atoms with Crippen LogP contribution in [-0.2, 0) is 4.79 Å². The quantitative estimate of drug-likeness (QED) is 0.810. The lowest BCUT2D eigenvalue weighted by Crippen LogP contribution is -2.39. The third-order valence-corrected chi connectivity index (χ3v) is 4.21. The smallest absolute Gasteiger partial charge is 0.323 e. The summed E-state index contributed by atoms with van der Waals surface area (Å²) in [5.74, 6) is 0.563. The van der Waals surface area contributed by atoms with E-state index in [4.69, 9.17) is 16.3 Å². The van der Waals surface area contributed by atoms with E-state index in [1.165, 1.54) is 0 Å². The molecule has 1 aliphatic rings. The van der Waals surface area contributed by atoms with E-state index in [1.54, 1.807) is 47.4 Å². The Morgan fingerprint density at radius 1 is 1.19 bits per heavy atom. The lowest BCUT2D eigenvalue weighted by atomic mass is 10.2. The summed E-state index contributed by atoms with van der Waals surface area (Å²) in [7, 11) is 0. The Bertz CT molecular complexity index is 825. The number of hydrogen-bond donors (Lipinski definition) is 2. The fraction of sp³-hybridized carbons (Fsp3) is 0.263. The maximum absolute atomic E-state index is 12.2. The zero-order valence-electron chi connectivity index (χ0n) is 14.4. The molecule has 6 nitrogen and oxygen atoms in total. The second-order valence-electron chi connectivity index (χ2n) is 5.96. The molecular formula is C19H20ClN3O3. The second kappa shape index (κ2) is 8.10. The maximum atomic E-state index is 12.2. The zero-order valence-corrected chi connectivity index (χ0v) is 15.2. The van der Waals surface area contributed by atoms with Crippen LogP contribution in [0.5, 0.6) is 5.75 Å². The van der Waals surface area contributed by atoms with Crippen LogP contribution in [0.3, 0.4) is 0 Å². The molecule has 136 valence electrons. The standard InChI is InChI=1S/C19H20ClN3O3/c1-2-3-9-23-16-11-15(7-8-17(16)26-12-18(23)24)22-19(25)21-14-6-4-5-13(20)10-14/h4-8,10-11H,2-3,9,12H2,1H3,(H2,21,22,25). The normalized spacial score (nSPS) is 13.0. The van der Waals surface area contributed by atoms with Gasteiger partial charge in [-0.2, -0.15) is 0 Å². The number of fused-ring (bicyclic) bond motifs is 1. The first kappa shape index (κ1) is 18.1. The summed E-state index contributed by atoms with van der Waals surface area (Å²) in [4.78, 5) is 26.1. The van der Waals surface area contributed by atoms with Crippen molar-refractivity contribution in [3.05, 3.63) is 47.5 Å². The Balaban J connectivity index is 1.74. The summed E-state index contributed by atoms with van der Waals surface area (Å²) in [6.45, 7) is 2.74. The Kier molecular flexibility index (Phi) is 5.63. The molecule has 0 atom stereocenters. The Morgan fingerprint density at radius 3 is 2.69 bits per heavy atom. The van der Waals surface area contributed by atoms with Gasteiger partial charge in [0.05, 0.1) is 5.69 Å². The van der Waals surface area contributed by atoms with Crippen molar-refractivity contribution < 1.29 is 14.3 Å². The number of unbranched alkanes of at least 4 members (excludes halogenated alkanes) is 1. The third kappa shape index (κ3) is 4.26. The molecule has 3 amide bonds. The van der Waals surface area contributed by atoms with Crippen molar-refractivity contribution in [3.8, 4) is 5.75 Å². The summed E-state index contributed by atoms with van der Waals surface area (Å²) in [6.07, 6.45) is 1.89. The van der Waals surface area contributed by atoms with Crippen LogP contribution in [0.15, 0.2) is 42.5 Å². The first-order valence-corrected chi connectivity index (χ1v) is 8.85. The fourth-order valence-electron chi connectivity index (χ4n) is 2.70. The molecule has 0 aromatic heterocycles. The number of nitrogens with zero attached hydrogens (tertiary/aromatic N) is 1. The minimum absolute atomic E-state index is 0.0404. The fourth-order valence-corrected chi connectivity index (χ4v) is 2.89. The van der Waals surface area contributed by atoms with Crippen LogP contribution in [0.1, 0.15) is 19.8 Å². The van der Waals surface area contributed by atoms with Crippen molar-refractivity contribution in [1.82, 2.24) is 0 Å². The van der Waals surface area contributed by atoms with Crippen LogP contribution in [-0.4, -0.2) is 25.1 Å². The van der Waals surface area contributed by atoms with Crippen molar-refractivity contribution in [1.29, 1.82) is 0 Å². The van der Waals surface area contributed by atoms with Crippen molar-refractivity contribution >= 4 is 40.6 Å². The monoisotopic (exact) mass is 373 g/mol. The third-order valence-electron chi connectivity index (χ3n) is 3.98. The SMILES string of the molecule is CCCCN1C(=O)COc2ccc(NC(=O)Nc3cccc(Cl)c3)cc21. The molecular weight excluding hydrogens is 354 g/mol. The summed E-state index contributed by atoms with van der Waals surface area (Å²) < 4.78 is 5.48. The summed E-state index contributed by atoms with van der Waals surface area (Å²) >= 11 is 5.92. The number of hydrogen-bond acceptors (Lipinski definition) is 3. The number of carbonyl (C=O) groups is 2. The molecule has 7 heteroatoms. The number of halogens is 1. The predicted molar refractivity (Wildman–Crippen MR) is 103 cm³/mol. The molecule has 0 saturated carbocycles. The highest BCUT2D eigenvalue weighted by Gasteiger charge is 2.25. The number of ether oxygens (including phenoxy) is 1. The Labute approximate surface area is 157 Å². The van der Waals surface area contributed by atoms with Gasteiger partial charge in [0, 0.05) is 22.9 Å². The Hall–Kier alpha value is -2.73. The van der Waals surface area contributed by atoms with Gasteiger partial charge in [-0.05, 0) is 42.8 Å². The maximum Gasteiger partial charge on any atom is 0.323 e. The van der Waals surface area contributed by atoms with Gasteiger partial charge in [-0.15, -0.1) is 0 Å². The van der Waals surface area contributed by atoms with Crippen LogP contribution in [0.25, 0.3) is 0 Å². The Morgan fingerprint density at radius 2 is 1.96 bits per heavy atom. The van der Waals surface area contributed by atoms with Crippen LogP contribution < -0.4 is 20.3 Å². The van der Waals surface area contributed by atoms with E-state index in [1.807, 2.05) is 0 Å². The van der Waals surface area contributed by atoms with E-state index in [9.17, 15) is 9.59 Å². The first-order valence-electron chi connectivity index (χ1n) is 8.47. The van der Waals surface area contributed by atoms with E-state index >= 15 is 0 Å². The van der Waals surface area contributed by atoms with E-state index in [0.29, 0.717) is 34.4 Å². The van der Waals surface area contributed by atoms with Crippen LogP contribution in [0.2, 0.25) is 5.02 Å². The zero-order chi connectivity index (χ0) is 18.5. The first-order chi connectivity index (χ1) is 12.6. The molecule has 26 heavy (non-hydrogen) atoms. The van der Waals surface area contributed by atoms with Crippen LogP contribution >= 0.6 is 11.6 Å². The number of amides is 3. The summed E-state index contributed by atoms with van der Waals surface area (Å²) in [6, 6.07) is 11.8. The van der Waals surface area contributed by atoms with Gasteiger partial charge in [-0.1, -0.05) is 31.0 Å². The van der Waals surface area contributed by atoms with Gasteiger partial charge in [0.1, 0.15) is 5.75 Å². The lowest BCUT2D eigenvalue weighted by molar-refractivity contribution is -0.121. The molecule has 0 spiro atoms. The molecule has 2 aromatic rings. The molecule has 0 radical (unpaired) electrons. The van der Waals surface area contributed by atoms with Gasteiger partial charge >= 0.3 is 6.03 Å². The van der Waals surface area contributed by atoms with Gasteiger partial charge in [-0.25, -0.2) is 4.79 Å². The second-order valence-corrected chi connectivity index (χ2v) is 6.40. The molecule has 2 aromatic carbocycles. The minimum Gasteiger partial charge on any atom is -0.482 e. The van der Waals surface area contributed by atoms with Crippen LogP contribution in [0, 0.1) is 0 Å². The average Bonchev–Trinajstić information content (AvgIpc) is 2.61. The molecule has 0 saturated heterocycles. The predicted octanol–water partition coefficient (Wildman–Crippen LogP) is 4.51. The number of carbonyl (C=O) groups excluding carboxylic acids is 2. The molecule has 2 N–H and O–H groups in total. The molecule has 0 unspecified atom stereocenters. The number of nitrogens with one attached hydrogen (secondary N) is 2. The van der Waals surface area contributed by atoms with Gasteiger partial charge in [0.2, 0.25) is 0 Å². The van der Waals surface area contributed by atoms with E-state index < -0.39 is 6.03 Å². The minimum atomic E-state index is -0.393. The number of anilines is 3. The van der Waals surface area contributed by atoms with Gasteiger partial charge in [0.15, 0.2) is 6.61 Å². The highest BCUT2D eigenvalue weighted by molar-refractivity contribution is 6.30. The number of urea groups is 1. The summed E-state index contributed by atoms with van der Waals surface area (Å²) in [5.41, 5.74) is 1.84. The highest BCUT2D eigenvalue weighted by Crippen LogP contribution is 2.34. The topological polar surface area (TPSA) is 70.7 Å². The van der Waals surface area contributed by atoms with Crippen LogP contribution in [0.4, 0.5) is 21.9 Å². The summed E-state index contributed by atoms with van der Waals surface area (Å²) in [5, 5.41) is 6.02. The molecule has 0 fully saturated rings. The average molecular weight is 374 g/mol. The number of benzene rings is 2. The highest BCUT2D eigenvalue weighted by atomic mass is 35.5. The van der Waals surface area contributed by atoms with E-state index in [2.05, 4.69) is 17.6 Å². The molecule has 0 aliphatic carbocycles. The van der Waals surface area contributed by atoms with Gasteiger partial charge < -0.3 is 20.3 Å². The van der Waals surface area contributed by atoms with Crippen molar-refractivity contribution in [2.45, 2.75) is 19.8 Å².